The molecule has 0 amide bonds. The Morgan fingerprint density at radius 1 is 1.30 bits per heavy atom. The van der Waals surface area contributed by atoms with Crippen molar-refractivity contribution in [2.75, 3.05) is 0 Å². The summed E-state index contributed by atoms with van der Waals surface area (Å²) in [6, 6.07) is 9.33. The zero-order chi connectivity index (χ0) is 14.1. The second kappa shape index (κ2) is 4.94. The summed E-state index contributed by atoms with van der Waals surface area (Å²) in [4.78, 5) is 19.0. The molecular formula is C14H10ClN3O2. The third-order valence-electron chi connectivity index (χ3n) is 3.00. The maximum atomic E-state index is 10.9. The van der Waals surface area contributed by atoms with Crippen LogP contribution in [-0.4, -0.2) is 25.6 Å². The Balaban J connectivity index is 2.23. The standard InChI is InChI=1S/C14H10ClN3O2/c15-14-16-6-5-11(17-14)10-7-18(8-13(19)20)12-4-2-1-3-9(10)12/h1-7H,8H2,(H,19,20). The molecule has 3 aromatic rings. The molecule has 3 rings (SSSR count). The van der Waals surface area contributed by atoms with Gasteiger partial charge >= 0.3 is 5.97 Å². The fraction of sp³-hybridized carbons (Fsp3) is 0.0714. The van der Waals surface area contributed by atoms with Gasteiger partial charge in [-0.3, -0.25) is 4.79 Å². The molecule has 0 aliphatic heterocycles. The molecule has 5 nitrogen and oxygen atoms in total. The maximum absolute atomic E-state index is 10.9. The number of rotatable bonds is 3. The molecule has 2 heterocycles. The van der Waals surface area contributed by atoms with Crippen LogP contribution in [0.4, 0.5) is 0 Å². The predicted octanol–water partition coefficient (Wildman–Crippen LogP) is 2.84. The number of halogens is 1. The van der Waals surface area contributed by atoms with E-state index in [1.807, 2.05) is 24.3 Å². The van der Waals surface area contributed by atoms with Gasteiger partial charge in [0.1, 0.15) is 6.54 Å². The van der Waals surface area contributed by atoms with Gasteiger partial charge in [0.15, 0.2) is 0 Å². The molecule has 0 unspecified atom stereocenters. The van der Waals surface area contributed by atoms with Crippen LogP contribution in [0, 0.1) is 0 Å². The molecule has 1 aromatic carbocycles. The molecule has 0 saturated heterocycles. The van der Waals surface area contributed by atoms with E-state index in [1.54, 1.807) is 23.0 Å². The van der Waals surface area contributed by atoms with E-state index in [-0.39, 0.29) is 11.8 Å². The molecule has 2 aromatic heterocycles. The molecule has 0 saturated carbocycles. The van der Waals surface area contributed by atoms with Crippen LogP contribution in [0.25, 0.3) is 22.2 Å². The number of hydrogen-bond acceptors (Lipinski definition) is 3. The molecule has 0 aliphatic carbocycles. The summed E-state index contributed by atoms with van der Waals surface area (Å²) >= 11 is 5.81. The first-order valence-electron chi connectivity index (χ1n) is 5.94. The number of aromatic nitrogens is 3. The Morgan fingerprint density at radius 3 is 2.85 bits per heavy atom. The van der Waals surface area contributed by atoms with Crippen LogP contribution < -0.4 is 0 Å². The van der Waals surface area contributed by atoms with Gasteiger partial charge in [0, 0.05) is 28.9 Å². The number of nitrogens with zero attached hydrogens (tertiary/aromatic N) is 3. The Labute approximate surface area is 119 Å². The largest absolute Gasteiger partial charge is 0.480 e. The average molecular weight is 288 g/mol. The predicted molar refractivity (Wildman–Crippen MR) is 75.6 cm³/mol. The van der Waals surface area contributed by atoms with E-state index in [0.717, 1.165) is 16.5 Å². The van der Waals surface area contributed by atoms with Crippen molar-refractivity contribution in [1.29, 1.82) is 0 Å². The normalized spacial score (nSPS) is 10.8. The summed E-state index contributed by atoms with van der Waals surface area (Å²) in [7, 11) is 0. The van der Waals surface area contributed by atoms with Crippen LogP contribution >= 0.6 is 11.6 Å². The molecule has 0 bridgehead atoms. The summed E-state index contributed by atoms with van der Waals surface area (Å²) in [5.74, 6) is -0.891. The lowest BCUT2D eigenvalue weighted by molar-refractivity contribution is -0.137. The van der Waals surface area contributed by atoms with Crippen molar-refractivity contribution >= 4 is 28.5 Å². The first-order chi connectivity index (χ1) is 9.65. The molecule has 20 heavy (non-hydrogen) atoms. The Morgan fingerprint density at radius 2 is 2.10 bits per heavy atom. The molecule has 100 valence electrons. The summed E-state index contributed by atoms with van der Waals surface area (Å²) in [5, 5.41) is 10.1. The van der Waals surface area contributed by atoms with Gasteiger partial charge in [0.05, 0.1) is 5.69 Å². The van der Waals surface area contributed by atoms with Gasteiger partial charge in [0.25, 0.3) is 0 Å². The number of fused-ring (bicyclic) bond motifs is 1. The maximum Gasteiger partial charge on any atom is 0.323 e. The molecular weight excluding hydrogens is 278 g/mol. The van der Waals surface area contributed by atoms with Crippen LogP contribution in [0.1, 0.15) is 0 Å². The van der Waals surface area contributed by atoms with Crippen molar-refractivity contribution < 1.29 is 9.90 Å². The van der Waals surface area contributed by atoms with Gasteiger partial charge in [0.2, 0.25) is 5.28 Å². The average Bonchev–Trinajstić information content (AvgIpc) is 2.77. The van der Waals surface area contributed by atoms with Crippen molar-refractivity contribution in [2.45, 2.75) is 6.54 Å². The van der Waals surface area contributed by atoms with Gasteiger partial charge < -0.3 is 9.67 Å². The number of para-hydroxylation sites is 1. The lowest BCUT2D eigenvalue weighted by Crippen LogP contribution is -2.07. The van der Waals surface area contributed by atoms with E-state index in [0.29, 0.717) is 5.69 Å². The summed E-state index contributed by atoms with van der Waals surface area (Å²) in [6.07, 6.45) is 3.35. The number of benzene rings is 1. The second-order valence-electron chi connectivity index (χ2n) is 4.29. The third kappa shape index (κ3) is 2.23. The Kier molecular flexibility index (Phi) is 3.12. The quantitative estimate of drug-likeness (QED) is 0.752. The van der Waals surface area contributed by atoms with Crippen molar-refractivity contribution in [2.24, 2.45) is 0 Å². The third-order valence-corrected chi connectivity index (χ3v) is 3.18. The highest BCUT2D eigenvalue weighted by Crippen LogP contribution is 2.29. The van der Waals surface area contributed by atoms with E-state index in [9.17, 15) is 4.79 Å². The Bertz CT molecular complexity index is 798. The fourth-order valence-corrected chi connectivity index (χ4v) is 2.36. The van der Waals surface area contributed by atoms with E-state index < -0.39 is 5.97 Å². The number of carboxylic acid groups (broad SMARTS) is 1. The van der Waals surface area contributed by atoms with Gasteiger partial charge in [-0.05, 0) is 23.7 Å². The van der Waals surface area contributed by atoms with E-state index in [4.69, 9.17) is 16.7 Å². The van der Waals surface area contributed by atoms with Gasteiger partial charge in [-0.25, -0.2) is 9.97 Å². The lowest BCUT2D eigenvalue weighted by Gasteiger charge is -1.99. The molecule has 1 N–H and O–H groups in total. The fourth-order valence-electron chi connectivity index (χ4n) is 2.21. The molecule has 6 heteroatoms. The van der Waals surface area contributed by atoms with E-state index in [1.165, 1.54) is 0 Å². The molecule has 0 aliphatic rings. The second-order valence-corrected chi connectivity index (χ2v) is 4.63. The number of carboxylic acids is 1. The van der Waals surface area contributed by atoms with Crippen molar-refractivity contribution in [1.82, 2.24) is 14.5 Å². The molecule has 0 spiro atoms. The smallest absolute Gasteiger partial charge is 0.323 e. The highest BCUT2D eigenvalue weighted by molar-refractivity contribution is 6.28. The minimum atomic E-state index is -0.891. The zero-order valence-electron chi connectivity index (χ0n) is 10.3. The lowest BCUT2D eigenvalue weighted by atomic mass is 10.1. The monoisotopic (exact) mass is 287 g/mol. The van der Waals surface area contributed by atoms with Crippen LogP contribution in [0.5, 0.6) is 0 Å². The van der Waals surface area contributed by atoms with Gasteiger partial charge in [-0.2, -0.15) is 0 Å². The highest BCUT2D eigenvalue weighted by Gasteiger charge is 2.12. The van der Waals surface area contributed by atoms with Crippen LogP contribution in [0.3, 0.4) is 0 Å². The Hall–Kier alpha value is -2.40. The summed E-state index contributed by atoms with van der Waals surface area (Å²) in [6.45, 7) is -0.0979. The van der Waals surface area contributed by atoms with E-state index in [2.05, 4.69) is 9.97 Å². The first-order valence-corrected chi connectivity index (χ1v) is 6.31. The molecule has 0 radical (unpaired) electrons. The first kappa shape index (κ1) is 12.6. The number of aliphatic carboxylic acids is 1. The van der Waals surface area contributed by atoms with Crippen LogP contribution in [-0.2, 0) is 11.3 Å². The van der Waals surface area contributed by atoms with Gasteiger partial charge in [-0.15, -0.1) is 0 Å². The SMILES string of the molecule is O=C(O)Cn1cc(-c2ccnc(Cl)n2)c2ccccc21. The highest BCUT2D eigenvalue weighted by atomic mass is 35.5. The van der Waals surface area contributed by atoms with Crippen molar-refractivity contribution in [3.63, 3.8) is 0 Å². The summed E-state index contributed by atoms with van der Waals surface area (Å²) < 4.78 is 1.68. The minimum Gasteiger partial charge on any atom is -0.480 e. The van der Waals surface area contributed by atoms with Crippen molar-refractivity contribution in [3.8, 4) is 11.3 Å². The summed E-state index contributed by atoms with van der Waals surface area (Å²) in [5.41, 5.74) is 2.36. The van der Waals surface area contributed by atoms with Gasteiger partial charge in [-0.1, -0.05) is 18.2 Å². The van der Waals surface area contributed by atoms with Crippen LogP contribution in [0.15, 0.2) is 42.7 Å². The van der Waals surface area contributed by atoms with E-state index >= 15 is 0 Å². The number of hydrogen-bond donors (Lipinski definition) is 1. The molecule has 0 fully saturated rings. The molecule has 0 atom stereocenters. The topological polar surface area (TPSA) is 68.0 Å². The van der Waals surface area contributed by atoms with Crippen molar-refractivity contribution in [3.05, 3.63) is 48.0 Å². The minimum absolute atomic E-state index is 0.0979. The zero-order valence-corrected chi connectivity index (χ0v) is 11.1. The number of carbonyl (C=O) groups is 1. The van der Waals surface area contributed by atoms with Crippen LogP contribution in [0.2, 0.25) is 5.28 Å².